The Bertz CT molecular complexity index is 1530. The van der Waals surface area contributed by atoms with Crippen LogP contribution < -0.4 is 9.47 Å². The van der Waals surface area contributed by atoms with Crippen LogP contribution in [-0.4, -0.2) is 18.5 Å². The maximum atomic E-state index is 12.6. The van der Waals surface area contributed by atoms with Gasteiger partial charge in [-0.3, -0.25) is 0 Å². The zero-order chi connectivity index (χ0) is 26.5. The largest absolute Gasteiger partial charge is 0.490 e. The number of esters is 1. The molecular formula is C32H26INO4. The molecule has 1 aliphatic heterocycles. The van der Waals surface area contributed by atoms with E-state index in [-0.39, 0.29) is 5.70 Å². The van der Waals surface area contributed by atoms with Crippen molar-refractivity contribution in [3.8, 4) is 22.6 Å². The van der Waals surface area contributed by atoms with Crippen molar-refractivity contribution in [2.24, 2.45) is 4.99 Å². The molecule has 0 fully saturated rings. The van der Waals surface area contributed by atoms with Gasteiger partial charge in [0.15, 0.2) is 17.2 Å². The van der Waals surface area contributed by atoms with Gasteiger partial charge in [0.1, 0.15) is 6.61 Å². The first kappa shape index (κ1) is 25.7. The fourth-order valence-electron chi connectivity index (χ4n) is 4.12. The lowest BCUT2D eigenvalue weighted by molar-refractivity contribution is -0.129. The van der Waals surface area contributed by atoms with Crippen LogP contribution in [0.3, 0.4) is 0 Å². The molecule has 4 aromatic carbocycles. The molecule has 5 rings (SSSR count). The van der Waals surface area contributed by atoms with E-state index >= 15 is 0 Å². The third-order valence-corrected chi connectivity index (χ3v) is 6.93. The maximum absolute atomic E-state index is 12.6. The predicted octanol–water partition coefficient (Wildman–Crippen LogP) is 7.59. The molecule has 5 nitrogen and oxygen atoms in total. The molecule has 0 aliphatic carbocycles. The highest BCUT2D eigenvalue weighted by Crippen LogP contribution is 2.36. The molecule has 0 amide bonds. The molecule has 4 aromatic rings. The van der Waals surface area contributed by atoms with Gasteiger partial charge in [-0.1, -0.05) is 66.7 Å². The summed E-state index contributed by atoms with van der Waals surface area (Å²) in [7, 11) is 0. The lowest BCUT2D eigenvalue weighted by atomic mass is 10.0. The highest BCUT2D eigenvalue weighted by atomic mass is 127. The SMILES string of the molecule is CCOc1cc(/C=C2\N=C(c3ccc(-c4ccccc4)cc3)OC2=O)cc(I)c1OCc1ccccc1C. The Morgan fingerprint density at radius 2 is 1.55 bits per heavy atom. The van der Waals surface area contributed by atoms with Gasteiger partial charge in [-0.05, 0) is 94.6 Å². The Morgan fingerprint density at radius 1 is 0.868 bits per heavy atom. The van der Waals surface area contributed by atoms with E-state index in [9.17, 15) is 4.79 Å². The molecule has 6 heteroatoms. The average molecular weight is 615 g/mol. The van der Waals surface area contributed by atoms with Crippen LogP contribution in [0.2, 0.25) is 0 Å². The number of hydrogen-bond donors (Lipinski definition) is 0. The number of aryl methyl sites for hydroxylation is 1. The molecule has 0 spiro atoms. The van der Waals surface area contributed by atoms with Gasteiger partial charge in [0.25, 0.3) is 0 Å². The number of nitrogens with zero attached hydrogens (tertiary/aromatic N) is 1. The van der Waals surface area contributed by atoms with E-state index in [0.717, 1.165) is 31.4 Å². The van der Waals surface area contributed by atoms with Gasteiger partial charge < -0.3 is 14.2 Å². The molecule has 0 unspecified atom stereocenters. The first-order valence-corrected chi connectivity index (χ1v) is 13.4. The van der Waals surface area contributed by atoms with E-state index in [1.165, 1.54) is 5.56 Å². The van der Waals surface area contributed by atoms with Crippen molar-refractivity contribution >= 4 is 40.5 Å². The van der Waals surface area contributed by atoms with Crippen molar-refractivity contribution in [1.82, 2.24) is 0 Å². The molecule has 0 aromatic heterocycles. The van der Waals surface area contributed by atoms with Gasteiger partial charge in [-0.2, -0.15) is 0 Å². The third kappa shape index (κ3) is 5.81. The Balaban J connectivity index is 1.38. The zero-order valence-corrected chi connectivity index (χ0v) is 23.3. The van der Waals surface area contributed by atoms with E-state index in [2.05, 4.69) is 58.8 Å². The van der Waals surface area contributed by atoms with Crippen molar-refractivity contribution in [2.75, 3.05) is 6.61 Å². The number of carbonyl (C=O) groups is 1. The van der Waals surface area contributed by atoms with Gasteiger partial charge >= 0.3 is 5.97 Å². The topological polar surface area (TPSA) is 57.1 Å². The molecule has 0 bridgehead atoms. The molecule has 1 heterocycles. The highest BCUT2D eigenvalue weighted by molar-refractivity contribution is 14.1. The lowest BCUT2D eigenvalue weighted by Gasteiger charge is -2.15. The smallest absolute Gasteiger partial charge is 0.363 e. The number of halogens is 1. The number of carbonyl (C=O) groups excluding carboxylic acids is 1. The van der Waals surface area contributed by atoms with Crippen LogP contribution in [0.4, 0.5) is 0 Å². The minimum Gasteiger partial charge on any atom is -0.490 e. The Morgan fingerprint density at radius 3 is 2.29 bits per heavy atom. The van der Waals surface area contributed by atoms with Crippen LogP contribution in [0, 0.1) is 10.5 Å². The van der Waals surface area contributed by atoms with Gasteiger partial charge in [0.05, 0.1) is 10.2 Å². The van der Waals surface area contributed by atoms with Crippen LogP contribution in [-0.2, 0) is 16.1 Å². The number of ether oxygens (including phenoxy) is 3. The fraction of sp³-hybridized carbons (Fsp3) is 0.125. The number of aliphatic imine (C=N–C) groups is 1. The van der Waals surface area contributed by atoms with E-state index < -0.39 is 5.97 Å². The van der Waals surface area contributed by atoms with Crippen LogP contribution in [0.15, 0.2) is 102 Å². The van der Waals surface area contributed by atoms with E-state index in [1.54, 1.807) is 6.08 Å². The van der Waals surface area contributed by atoms with Crippen molar-refractivity contribution in [3.63, 3.8) is 0 Å². The van der Waals surface area contributed by atoms with Crippen molar-refractivity contribution in [3.05, 3.63) is 123 Å². The summed E-state index contributed by atoms with van der Waals surface area (Å²) >= 11 is 2.23. The van der Waals surface area contributed by atoms with Crippen molar-refractivity contribution in [2.45, 2.75) is 20.5 Å². The second-order valence-corrected chi connectivity index (χ2v) is 9.92. The molecule has 0 radical (unpaired) electrons. The molecule has 0 saturated carbocycles. The summed E-state index contributed by atoms with van der Waals surface area (Å²) in [6.07, 6.45) is 1.71. The zero-order valence-electron chi connectivity index (χ0n) is 21.1. The standard InChI is InChI=1S/C32H26INO4/c1-3-36-29-19-22(17-27(33)30(29)37-20-26-12-8-7-9-21(26)2)18-28-32(35)38-31(34-28)25-15-13-24(14-16-25)23-10-5-4-6-11-23/h4-19H,3,20H2,1-2H3/b28-18-. The summed E-state index contributed by atoms with van der Waals surface area (Å²) in [4.78, 5) is 17.1. The monoisotopic (exact) mass is 615 g/mol. The summed E-state index contributed by atoms with van der Waals surface area (Å²) in [6.45, 7) is 4.92. The Hall–Kier alpha value is -3.91. The van der Waals surface area contributed by atoms with E-state index in [4.69, 9.17) is 14.2 Å². The second kappa shape index (κ2) is 11.6. The first-order chi connectivity index (χ1) is 18.5. The van der Waals surface area contributed by atoms with Crippen LogP contribution >= 0.6 is 22.6 Å². The Labute approximate surface area is 235 Å². The second-order valence-electron chi connectivity index (χ2n) is 8.76. The molecule has 0 atom stereocenters. The summed E-state index contributed by atoms with van der Waals surface area (Å²) < 4.78 is 18.4. The molecule has 38 heavy (non-hydrogen) atoms. The Kier molecular flexibility index (Phi) is 7.89. The number of cyclic esters (lactones) is 1. The van der Waals surface area contributed by atoms with Crippen LogP contribution in [0.1, 0.15) is 29.2 Å². The van der Waals surface area contributed by atoms with Gasteiger partial charge in [0, 0.05) is 5.56 Å². The van der Waals surface area contributed by atoms with Crippen molar-refractivity contribution in [1.29, 1.82) is 0 Å². The highest BCUT2D eigenvalue weighted by Gasteiger charge is 2.24. The molecule has 190 valence electrons. The van der Waals surface area contributed by atoms with Crippen molar-refractivity contribution < 1.29 is 19.0 Å². The van der Waals surface area contributed by atoms with Gasteiger partial charge in [-0.15, -0.1) is 0 Å². The van der Waals surface area contributed by atoms with Crippen LogP contribution in [0.25, 0.3) is 17.2 Å². The summed E-state index contributed by atoms with van der Waals surface area (Å²) in [5.74, 6) is 1.10. The first-order valence-electron chi connectivity index (χ1n) is 12.3. The quantitative estimate of drug-likeness (QED) is 0.117. The third-order valence-electron chi connectivity index (χ3n) is 6.13. The van der Waals surface area contributed by atoms with Gasteiger partial charge in [-0.25, -0.2) is 9.79 Å². The number of rotatable bonds is 8. The fourth-order valence-corrected chi connectivity index (χ4v) is 4.90. The van der Waals surface area contributed by atoms with Gasteiger partial charge in [0.2, 0.25) is 5.90 Å². The average Bonchev–Trinajstić information content (AvgIpc) is 3.29. The minimum atomic E-state index is -0.486. The molecule has 0 saturated heterocycles. The summed E-state index contributed by atoms with van der Waals surface area (Å²) in [6, 6.07) is 29.9. The predicted molar refractivity (Wildman–Crippen MR) is 158 cm³/mol. The van der Waals surface area contributed by atoms with Crippen LogP contribution in [0.5, 0.6) is 11.5 Å². The lowest BCUT2D eigenvalue weighted by Crippen LogP contribution is -2.05. The normalized spacial score (nSPS) is 13.8. The molecule has 1 aliphatic rings. The number of hydrogen-bond acceptors (Lipinski definition) is 5. The summed E-state index contributed by atoms with van der Waals surface area (Å²) in [5.41, 5.74) is 6.24. The number of benzene rings is 4. The minimum absolute atomic E-state index is 0.235. The molecule has 0 N–H and O–H groups in total. The van der Waals surface area contributed by atoms with E-state index in [1.807, 2.05) is 73.7 Å². The molecular weight excluding hydrogens is 589 g/mol. The summed E-state index contributed by atoms with van der Waals surface area (Å²) in [5, 5.41) is 0. The van der Waals surface area contributed by atoms with E-state index in [0.29, 0.717) is 30.6 Å². The maximum Gasteiger partial charge on any atom is 0.363 e.